The van der Waals surface area contributed by atoms with Crippen molar-refractivity contribution >= 4 is 5.57 Å². The van der Waals surface area contributed by atoms with Gasteiger partial charge < -0.3 is 0 Å². The summed E-state index contributed by atoms with van der Waals surface area (Å²) in [5, 5.41) is 0. The molecule has 1 rings (SSSR count). The van der Waals surface area contributed by atoms with E-state index in [0.717, 1.165) is 12.8 Å². The standard InChI is InChI=1S/C13H19N/c1-4-7-12(8-5-2)13-11(3)9-6-10-14-13/h6-7,9-10H,4-5,8H2,1-3H3/b12-7+. The Balaban J connectivity index is 2.99. The van der Waals surface area contributed by atoms with Crippen LogP contribution in [0.4, 0.5) is 0 Å². The average molecular weight is 189 g/mol. The van der Waals surface area contributed by atoms with Crippen molar-refractivity contribution in [3.8, 4) is 0 Å². The molecule has 1 nitrogen and oxygen atoms in total. The Morgan fingerprint density at radius 1 is 1.43 bits per heavy atom. The quantitative estimate of drug-likeness (QED) is 0.698. The number of nitrogens with zero attached hydrogens (tertiary/aromatic N) is 1. The molecule has 0 saturated carbocycles. The summed E-state index contributed by atoms with van der Waals surface area (Å²) < 4.78 is 0. The fraction of sp³-hybridized carbons (Fsp3) is 0.462. The topological polar surface area (TPSA) is 12.9 Å². The third-order valence-electron chi connectivity index (χ3n) is 2.28. The van der Waals surface area contributed by atoms with Crippen LogP contribution in [0.5, 0.6) is 0 Å². The van der Waals surface area contributed by atoms with E-state index in [0.29, 0.717) is 0 Å². The highest BCUT2D eigenvalue weighted by Crippen LogP contribution is 2.21. The van der Waals surface area contributed by atoms with E-state index >= 15 is 0 Å². The zero-order valence-electron chi connectivity index (χ0n) is 9.38. The predicted octanol–water partition coefficient (Wildman–Crippen LogP) is 3.98. The lowest BCUT2D eigenvalue weighted by atomic mass is 10.0. The van der Waals surface area contributed by atoms with Crippen LogP contribution in [0.2, 0.25) is 0 Å². The maximum absolute atomic E-state index is 4.45. The van der Waals surface area contributed by atoms with Crippen LogP contribution in [-0.2, 0) is 0 Å². The van der Waals surface area contributed by atoms with Crippen molar-refractivity contribution < 1.29 is 0 Å². The van der Waals surface area contributed by atoms with Gasteiger partial charge >= 0.3 is 0 Å². The van der Waals surface area contributed by atoms with Gasteiger partial charge in [0.15, 0.2) is 0 Å². The van der Waals surface area contributed by atoms with Crippen LogP contribution in [0.25, 0.3) is 5.57 Å². The molecule has 0 N–H and O–H groups in total. The van der Waals surface area contributed by atoms with Crippen molar-refractivity contribution in [2.24, 2.45) is 0 Å². The van der Waals surface area contributed by atoms with Crippen molar-refractivity contribution in [2.75, 3.05) is 0 Å². The molecule has 1 aromatic heterocycles. The van der Waals surface area contributed by atoms with Gasteiger partial charge in [-0.05, 0) is 37.0 Å². The zero-order valence-corrected chi connectivity index (χ0v) is 9.38. The van der Waals surface area contributed by atoms with Crippen molar-refractivity contribution in [2.45, 2.75) is 40.0 Å². The van der Waals surface area contributed by atoms with Gasteiger partial charge in [0.1, 0.15) is 0 Å². The molecule has 76 valence electrons. The summed E-state index contributed by atoms with van der Waals surface area (Å²) in [5.74, 6) is 0. The fourth-order valence-corrected chi connectivity index (χ4v) is 1.65. The summed E-state index contributed by atoms with van der Waals surface area (Å²) in [6.45, 7) is 6.51. The first-order valence-electron chi connectivity index (χ1n) is 5.40. The summed E-state index contributed by atoms with van der Waals surface area (Å²) in [7, 11) is 0. The molecule has 0 atom stereocenters. The molecular formula is C13H19N. The number of pyridine rings is 1. The molecule has 0 unspecified atom stereocenters. The van der Waals surface area contributed by atoms with Crippen LogP contribution in [0.1, 0.15) is 44.4 Å². The molecule has 0 aromatic carbocycles. The molecule has 1 aromatic rings. The second kappa shape index (κ2) is 5.58. The lowest BCUT2D eigenvalue weighted by Gasteiger charge is -2.08. The minimum atomic E-state index is 1.09. The second-order valence-electron chi connectivity index (χ2n) is 3.56. The van der Waals surface area contributed by atoms with Crippen LogP contribution in [0.3, 0.4) is 0 Å². The molecule has 0 bridgehead atoms. The highest BCUT2D eigenvalue weighted by Gasteiger charge is 2.03. The van der Waals surface area contributed by atoms with Crippen molar-refractivity contribution in [1.82, 2.24) is 4.98 Å². The summed E-state index contributed by atoms with van der Waals surface area (Å²) in [6.07, 6.45) is 7.57. The lowest BCUT2D eigenvalue weighted by Crippen LogP contribution is -1.92. The Bertz CT molecular complexity index is 313. The molecule has 0 fully saturated rings. The van der Waals surface area contributed by atoms with Crippen LogP contribution in [-0.4, -0.2) is 4.98 Å². The summed E-state index contributed by atoms with van der Waals surface area (Å²) in [5.41, 5.74) is 3.85. The van der Waals surface area contributed by atoms with Gasteiger partial charge in [0.05, 0.1) is 5.69 Å². The SMILES string of the molecule is CC/C=C(\CCC)c1ncccc1C. The Hall–Kier alpha value is -1.11. The van der Waals surface area contributed by atoms with Crippen molar-refractivity contribution in [3.05, 3.63) is 35.7 Å². The first kappa shape index (κ1) is 11.0. The number of allylic oxidation sites excluding steroid dienone is 2. The monoisotopic (exact) mass is 189 g/mol. The summed E-state index contributed by atoms with van der Waals surface area (Å²) in [4.78, 5) is 4.45. The van der Waals surface area contributed by atoms with E-state index < -0.39 is 0 Å². The third kappa shape index (κ3) is 2.69. The minimum absolute atomic E-state index is 1.09. The van der Waals surface area contributed by atoms with Gasteiger partial charge in [-0.15, -0.1) is 0 Å². The van der Waals surface area contributed by atoms with E-state index in [9.17, 15) is 0 Å². The number of aromatic nitrogens is 1. The molecule has 0 spiro atoms. The van der Waals surface area contributed by atoms with Gasteiger partial charge in [-0.25, -0.2) is 0 Å². The molecule has 0 radical (unpaired) electrons. The van der Waals surface area contributed by atoms with Crippen LogP contribution in [0, 0.1) is 6.92 Å². The molecular weight excluding hydrogens is 170 g/mol. The largest absolute Gasteiger partial charge is 0.256 e. The number of aryl methyl sites for hydroxylation is 1. The highest BCUT2D eigenvalue weighted by atomic mass is 14.7. The van der Waals surface area contributed by atoms with Gasteiger partial charge in [-0.2, -0.15) is 0 Å². The lowest BCUT2D eigenvalue weighted by molar-refractivity contribution is 0.956. The van der Waals surface area contributed by atoms with Gasteiger partial charge in [-0.3, -0.25) is 4.98 Å². The van der Waals surface area contributed by atoms with E-state index in [1.807, 2.05) is 12.3 Å². The highest BCUT2D eigenvalue weighted by molar-refractivity contribution is 5.64. The van der Waals surface area contributed by atoms with Gasteiger partial charge in [0.25, 0.3) is 0 Å². The third-order valence-corrected chi connectivity index (χ3v) is 2.28. The Morgan fingerprint density at radius 2 is 2.21 bits per heavy atom. The van der Waals surface area contributed by atoms with E-state index in [1.54, 1.807) is 0 Å². The maximum Gasteiger partial charge on any atom is 0.0687 e. The summed E-state index contributed by atoms with van der Waals surface area (Å²) >= 11 is 0. The minimum Gasteiger partial charge on any atom is -0.256 e. The van der Waals surface area contributed by atoms with Gasteiger partial charge in [0, 0.05) is 6.20 Å². The van der Waals surface area contributed by atoms with Crippen LogP contribution >= 0.6 is 0 Å². The number of hydrogen-bond acceptors (Lipinski definition) is 1. The van der Waals surface area contributed by atoms with Crippen molar-refractivity contribution in [3.63, 3.8) is 0 Å². The molecule has 0 amide bonds. The maximum atomic E-state index is 4.45. The molecule has 1 heteroatoms. The Kier molecular flexibility index (Phi) is 4.37. The Morgan fingerprint density at radius 3 is 2.79 bits per heavy atom. The zero-order chi connectivity index (χ0) is 10.4. The van der Waals surface area contributed by atoms with E-state index in [2.05, 4.69) is 37.9 Å². The van der Waals surface area contributed by atoms with E-state index in [4.69, 9.17) is 0 Å². The molecule has 0 aliphatic rings. The van der Waals surface area contributed by atoms with Crippen LogP contribution < -0.4 is 0 Å². The van der Waals surface area contributed by atoms with Crippen LogP contribution in [0.15, 0.2) is 24.4 Å². The molecule has 1 heterocycles. The first-order valence-corrected chi connectivity index (χ1v) is 5.40. The second-order valence-corrected chi connectivity index (χ2v) is 3.56. The van der Waals surface area contributed by atoms with Gasteiger partial charge in [-0.1, -0.05) is 32.4 Å². The Labute approximate surface area is 86.9 Å². The van der Waals surface area contributed by atoms with Crippen molar-refractivity contribution in [1.29, 1.82) is 0 Å². The number of rotatable bonds is 4. The first-order chi connectivity index (χ1) is 6.79. The fourth-order valence-electron chi connectivity index (χ4n) is 1.65. The normalized spacial score (nSPS) is 11.8. The smallest absolute Gasteiger partial charge is 0.0687 e. The van der Waals surface area contributed by atoms with Gasteiger partial charge in [0.2, 0.25) is 0 Å². The molecule has 0 saturated heterocycles. The van der Waals surface area contributed by atoms with E-state index in [1.165, 1.54) is 23.3 Å². The molecule has 0 aliphatic heterocycles. The predicted molar refractivity (Wildman–Crippen MR) is 62.2 cm³/mol. The summed E-state index contributed by atoms with van der Waals surface area (Å²) in [6, 6.07) is 4.12. The average Bonchev–Trinajstić information content (AvgIpc) is 2.18. The molecule has 0 aliphatic carbocycles. The van der Waals surface area contributed by atoms with E-state index in [-0.39, 0.29) is 0 Å². The number of hydrogen-bond donors (Lipinski definition) is 0. The molecule has 14 heavy (non-hydrogen) atoms.